The van der Waals surface area contributed by atoms with Gasteiger partial charge in [-0.1, -0.05) is 42.5 Å². The van der Waals surface area contributed by atoms with Crippen molar-refractivity contribution in [3.63, 3.8) is 0 Å². The summed E-state index contributed by atoms with van der Waals surface area (Å²) >= 11 is 0. The number of hydrogen-bond acceptors (Lipinski definition) is 9. The average Bonchev–Trinajstić information content (AvgIpc) is 2.84. The molecule has 0 aliphatic heterocycles. The van der Waals surface area contributed by atoms with Gasteiger partial charge >= 0.3 is 17.9 Å². The lowest BCUT2D eigenvalue weighted by Gasteiger charge is -2.19. The Morgan fingerprint density at radius 1 is 0.595 bits per heavy atom. The van der Waals surface area contributed by atoms with E-state index in [9.17, 15) is 28.8 Å². The van der Waals surface area contributed by atoms with Crippen LogP contribution in [0.15, 0.2) is 48.5 Å². The van der Waals surface area contributed by atoms with Gasteiger partial charge in [-0.05, 0) is 58.7 Å². The monoisotopic (exact) mass is 587 g/mol. The summed E-state index contributed by atoms with van der Waals surface area (Å²) in [7, 11) is 0. The molecule has 0 spiro atoms. The van der Waals surface area contributed by atoms with Crippen LogP contribution in [-0.4, -0.2) is 67.2 Å². The molecule has 0 radical (unpaired) electrons. The van der Waals surface area contributed by atoms with Gasteiger partial charge in [0, 0.05) is 30.4 Å². The lowest BCUT2D eigenvalue weighted by Crippen LogP contribution is -2.46. The number of aliphatic carboxylic acids is 3. The Morgan fingerprint density at radius 3 is 1.33 bits per heavy atom. The quantitative estimate of drug-likeness (QED) is 0.207. The van der Waals surface area contributed by atoms with Gasteiger partial charge in [-0.25, -0.2) is 0 Å². The molecule has 9 N–H and O–H groups in total. The third kappa shape index (κ3) is 13.4. The second-order valence-corrected chi connectivity index (χ2v) is 10.9. The summed E-state index contributed by atoms with van der Waals surface area (Å²) in [5.41, 5.74) is 15.2. The number of hydrogen-bond donors (Lipinski definition) is 6. The summed E-state index contributed by atoms with van der Waals surface area (Å²) in [4.78, 5) is 64.6. The number of ketones is 3. The van der Waals surface area contributed by atoms with Gasteiger partial charge in [0.15, 0.2) is 11.6 Å². The maximum Gasteiger partial charge on any atom is 0.323 e. The van der Waals surface area contributed by atoms with Crippen LogP contribution in [0.25, 0.3) is 0 Å². The van der Waals surface area contributed by atoms with Crippen LogP contribution in [0.4, 0.5) is 0 Å². The minimum Gasteiger partial charge on any atom is -0.480 e. The van der Waals surface area contributed by atoms with Crippen molar-refractivity contribution in [3.05, 3.63) is 70.8 Å². The molecule has 12 heteroatoms. The predicted molar refractivity (Wildman–Crippen MR) is 156 cm³/mol. The van der Waals surface area contributed by atoms with Crippen LogP contribution in [0.2, 0.25) is 0 Å². The molecule has 0 aromatic heterocycles. The summed E-state index contributed by atoms with van der Waals surface area (Å²) in [6.45, 7) is 8.51. The molecule has 0 bridgehead atoms. The van der Waals surface area contributed by atoms with E-state index in [2.05, 4.69) is 0 Å². The molecular formula is C30H41N3O9. The van der Waals surface area contributed by atoms with Crippen LogP contribution in [0.3, 0.4) is 0 Å². The summed E-state index contributed by atoms with van der Waals surface area (Å²) in [6, 6.07) is 13.7. The van der Waals surface area contributed by atoms with E-state index in [4.69, 9.17) is 32.5 Å². The van der Waals surface area contributed by atoms with E-state index in [1.54, 1.807) is 48.5 Å². The smallest absolute Gasteiger partial charge is 0.323 e. The molecule has 0 fully saturated rings. The zero-order valence-corrected chi connectivity index (χ0v) is 24.8. The van der Waals surface area contributed by atoms with Crippen LogP contribution < -0.4 is 17.2 Å². The Bertz CT molecular complexity index is 1300. The fraction of sp³-hybridized carbons (Fsp3) is 0.400. The zero-order valence-electron chi connectivity index (χ0n) is 24.8. The van der Waals surface area contributed by atoms with E-state index in [-0.39, 0.29) is 36.6 Å². The number of rotatable bonds is 11. The van der Waals surface area contributed by atoms with Crippen molar-refractivity contribution in [2.75, 3.05) is 0 Å². The number of carbonyl (C=O) groups is 6. The van der Waals surface area contributed by atoms with E-state index in [0.29, 0.717) is 11.1 Å². The van der Waals surface area contributed by atoms with Crippen molar-refractivity contribution in [3.8, 4) is 0 Å². The van der Waals surface area contributed by atoms with E-state index < -0.39 is 34.5 Å². The largest absolute Gasteiger partial charge is 0.480 e. The molecule has 3 atom stereocenters. The van der Waals surface area contributed by atoms with Crippen molar-refractivity contribution in [1.29, 1.82) is 0 Å². The highest BCUT2D eigenvalue weighted by atomic mass is 16.4. The van der Waals surface area contributed by atoms with Crippen molar-refractivity contribution < 1.29 is 44.1 Å². The van der Waals surface area contributed by atoms with E-state index >= 15 is 0 Å². The van der Waals surface area contributed by atoms with Gasteiger partial charge in [0.25, 0.3) is 0 Å². The minimum atomic E-state index is -1.41. The van der Waals surface area contributed by atoms with Crippen LogP contribution in [0, 0.1) is 0 Å². The SMILES string of the molecule is CC(=O)CC(C)(N)C(=O)O.CC(=O)c1ccc(CC(C)(N)C(=O)O)cc1.CC(=O)c1cccc(CC(C)(N)C(=O)O)c1. The molecule has 0 saturated carbocycles. The highest BCUT2D eigenvalue weighted by Gasteiger charge is 2.30. The summed E-state index contributed by atoms with van der Waals surface area (Å²) < 4.78 is 0. The standard InChI is InChI=1S/2C12H15NO3.C6H11NO3/c1-8(14)10-5-3-9(4-6-10)7-12(2,13)11(15)16;1-8(14)10-5-3-4-9(6-10)7-12(2,13)11(15)16;1-4(8)3-6(2,7)5(9)10/h2*3-6H,7,13H2,1-2H3,(H,15,16);3,7H2,1-2H3,(H,9,10). The van der Waals surface area contributed by atoms with E-state index in [1.807, 2.05) is 0 Å². The van der Waals surface area contributed by atoms with Gasteiger partial charge < -0.3 is 32.5 Å². The van der Waals surface area contributed by atoms with Crippen LogP contribution in [-0.2, 0) is 32.0 Å². The van der Waals surface area contributed by atoms with Crippen molar-refractivity contribution >= 4 is 35.3 Å². The third-order valence-corrected chi connectivity index (χ3v) is 5.92. The molecule has 0 aliphatic carbocycles. The molecule has 12 nitrogen and oxygen atoms in total. The topological polar surface area (TPSA) is 241 Å². The second-order valence-electron chi connectivity index (χ2n) is 10.9. The number of carboxylic acid groups (broad SMARTS) is 3. The Labute approximate surface area is 244 Å². The molecule has 0 amide bonds. The maximum absolute atomic E-state index is 11.1. The third-order valence-electron chi connectivity index (χ3n) is 5.92. The predicted octanol–water partition coefficient (Wildman–Crippen LogP) is 2.23. The molecule has 230 valence electrons. The number of nitrogens with two attached hydrogens (primary N) is 3. The molecule has 3 unspecified atom stereocenters. The van der Waals surface area contributed by atoms with Crippen molar-refractivity contribution in [2.45, 2.75) is 77.4 Å². The Hall–Kier alpha value is -4.26. The normalized spacial score (nSPS) is 14.6. The van der Waals surface area contributed by atoms with Crippen molar-refractivity contribution in [2.24, 2.45) is 17.2 Å². The summed E-state index contributed by atoms with van der Waals surface area (Å²) in [6.07, 6.45) is 0.312. The van der Waals surface area contributed by atoms with E-state index in [0.717, 1.165) is 11.1 Å². The van der Waals surface area contributed by atoms with Gasteiger partial charge in [0.2, 0.25) is 0 Å². The molecule has 2 aromatic carbocycles. The minimum absolute atomic E-state index is 0.0136. The Kier molecular flexibility index (Phi) is 14.1. The lowest BCUT2D eigenvalue weighted by atomic mass is 9.93. The van der Waals surface area contributed by atoms with Gasteiger partial charge in [-0.15, -0.1) is 0 Å². The van der Waals surface area contributed by atoms with Crippen LogP contribution >= 0.6 is 0 Å². The number of Topliss-reactive ketones (excluding diaryl/α,β-unsaturated/α-hetero) is 3. The summed E-state index contributed by atoms with van der Waals surface area (Å²) in [5.74, 6) is -3.52. The highest BCUT2D eigenvalue weighted by Crippen LogP contribution is 2.14. The first-order valence-corrected chi connectivity index (χ1v) is 12.8. The lowest BCUT2D eigenvalue weighted by molar-refractivity contribution is -0.144. The first kappa shape index (κ1) is 37.7. The molecule has 0 heterocycles. The molecule has 0 aliphatic rings. The van der Waals surface area contributed by atoms with Gasteiger partial charge in [0.1, 0.15) is 22.4 Å². The second kappa shape index (κ2) is 15.7. The Morgan fingerprint density at radius 2 is 1.00 bits per heavy atom. The van der Waals surface area contributed by atoms with Crippen LogP contribution in [0.5, 0.6) is 0 Å². The number of carbonyl (C=O) groups excluding carboxylic acids is 3. The molecule has 42 heavy (non-hydrogen) atoms. The maximum atomic E-state index is 11.1. The highest BCUT2D eigenvalue weighted by molar-refractivity contribution is 5.94. The average molecular weight is 588 g/mol. The van der Waals surface area contributed by atoms with Gasteiger partial charge in [-0.2, -0.15) is 0 Å². The van der Waals surface area contributed by atoms with Gasteiger partial charge in [0.05, 0.1) is 0 Å². The first-order chi connectivity index (χ1) is 19.0. The zero-order chi connectivity index (χ0) is 33.1. The molecule has 0 saturated heterocycles. The fourth-order valence-corrected chi connectivity index (χ4v) is 3.35. The first-order valence-electron chi connectivity index (χ1n) is 12.8. The van der Waals surface area contributed by atoms with Crippen LogP contribution in [0.1, 0.15) is 79.8 Å². The Balaban J connectivity index is 0.000000620. The number of carboxylic acids is 3. The number of benzene rings is 2. The molecule has 2 aromatic rings. The molecular weight excluding hydrogens is 546 g/mol. The fourth-order valence-electron chi connectivity index (χ4n) is 3.35. The summed E-state index contributed by atoms with van der Waals surface area (Å²) in [5, 5.41) is 26.2. The van der Waals surface area contributed by atoms with E-state index in [1.165, 1.54) is 41.5 Å². The van der Waals surface area contributed by atoms with Crippen molar-refractivity contribution in [1.82, 2.24) is 0 Å². The van der Waals surface area contributed by atoms with Gasteiger partial charge in [-0.3, -0.25) is 28.8 Å². The molecule has 2 rings (SSSR count).